The lowest BCUT2D eigenvalue weighted by Gasteiger charge is -2.58. The van der Waals surface area contributed by atoms with Crippen molar-refractivity contribution in [3.05, 3.63) is 11.6 Å². The van der Waals surface area contributed by atoms with E-state index in [0.717, 1.165) is 54.8 Å². The van der Waals surface area contributed by atoms with Crippen LogP contribution in [0.25, 0.3) is 0 Å². The summed E-state index contributed by atoms with van der Waals surface area (Å²) in [5, 5.41) is 9.52. The fourth-order valence-electron chi connectivity index (χ4n) is 10.7. The Morgan fingerprint density at radius 2 is 1.75 bits per heavy atom. The van der Waals surface area contributed by atoms with Gasteiger partial charge in [-0.2, -0.15) is 0 Å². The van der Waals surface area contributed by atoms with Crippen molar-refractivity contribution in [2.45, 2.75) is 143 Å². The number of allylic oxidation sites excluding steroid dienone is 1. The number of carboxylic acid groups (broad SMARTS) is 1. The van der Waals surface area contributed by atoms with Gasteiger partial charge in [0.15, 0.2) is 0 Å². The van der Waals surface area contributed by atoms with Crippen molar-refractivity contribution >= 4 is 11.8 Å². The molecule has 0 heterocycles. The molecule has 0 bridgehead atoms. The summed E-state index contributed by atoms with van der Waals surface area (Å²) in [6.45, 7) is 13.1. The van der Waals surface area contributed by atoms with Crippen molar-refractivity contribution < 1.29 is 19.4 Å². The second-order valence-electron chi connectivity index (χ2n) is 15.8. The predicted molar refractivity (Wildman–Crippen MR) is 161 cm³/mol. The summed E-state index contributed by atoms with van der Waals surface area (Å²) in [7, 11) is 0. The molecule has 40 heavy (non-hydrogen) atoms. The number of carbonyl (C=O) groups is 2. The van der Waals surface area contributed by atoms with Crippen molar-refractivity contribution in [2.75, 3.05) is 6.61 Å². The summed E-state index contributed by atoms with van der Waals surface area (Å²) < 4.78 is 6.32. The highest BCUT2D eigenvalue weighted by Gasteiger charge is 2.59. The van der Waals surface area contributed by atoms with E-state index in [2.05, 4.69) is 40.7 Å². The van der Waals surface area contributed by atoms with Crippen LogP contribution in [0.15, 0.2) is 11.6 Å². The van der Waals surface area contributed by atoms with Gasteiger partial charge in [-0.15, -0.1) is 0 Å². The molecule has 0 saturated heterocycles. The van der Waals surface area contributed by atoms with Gasteiger partial charge in [0.1, 0.15) is 11.2 Å². The first-order valence-electron chi connectivity index (χ1n) is 17.1. The van der Waals surface area contributed by atoms with Gasteiger partial charge in [-0.1, -0.05) is 72.0 Å². The lowest BCUT2D eigenvalue weighted by molar-refractivity contribution is -0.161. The van der Waals surface area contributed by atoms with Gasteiger partial charge in [-0.05, 0) is 117 Å². The van der Waals surface area contributed by atoms with Crippen molar-refractivity contribution in [3.63, 3.8) is 0 Å². The maximum atomic E-state index is 12.6. The smallest absolute Gasteiger partial charge is 0.317 e. The second-order valence-corrected chi connectivity index (χ2v) is 15.8. The summed E-state index contributed by atoms with van der Waals surface area (Å²) in [4.78, 5) is 24.2. The van der Waals surface area contributed by atoms with E-state index in [0.29, 0.717) is 43.1 Å². The number of hydrogen-bond acceptors (Lipinski definition) is 3. The minimum Gasteiger partial charge on any atom is -0.480 e. The zero-order valence-corrected chi connectivity index (χ0v) is 26.3. The molecule has 1 N–H and O–H groups in total. The van der Waals surface area contributed by atoms with Gasteiger partial charge in [-0.25, -0.2) is 0 Å². The minimum absolute atomic E-state index is 0.0875. The van der Waals surface area contributed by atoms with Crippen LogP contribution in [-0.4, -0.2) is 29.6 Å². The van der Waals surface area contributed by atoms with Crippen LogP contribution in [0.1, 0.15) is 137 Å². The van der Waals surface area contributed by atoms with Crippen LogP contribution in [0.3, 0.4) is 0 Å². The Morgan fingerprint density at radius 3 is 2.42 bits per heavy atom. The number of carboxylic acids is 1. The Labute approximate surface area is 244 Å². The Kier molecular flexibility index (Phi) is 8.97. The van der Waals surface area contributed by atoms with E-state index in [-0.39, 0.29) is 11.9 Å². The molecule has 0 radical (unpaired) electrons. The molecule has 0 aliphatic heterocycles. The molecule has 3 unspecified atom stereocenters. The van der Waals surface area contributed by atoms with Gasteiger partial charge in [-0.3, -0.25) is 9.59 Å². The van der Waals surface area contributed by atoms with Crippen molar-refractivity contribution in [1.29, 1.82) is 0 Å². The van der Waals surface area contributed by atoms with Crippen LogP contribution in [0.2, 0.25) is 0 Å². The van der Waals surface area contributed by atoms with E-state index in [1.165, 1.54) is 57.8 Å². The molecule has 4 heteroatoms. The lowest BCUT2D eigenvalue weighted by Crippen LogP contribution is -2.51. The Morgan fingerprint density at radius 1 is 0.975 bits per heavy atom. The monoisotopic (exact) mass is 554 g/mol. The fraction of sp³-hybridized carbons (Fsp3) is 0.889. The normalized spacial score (nSPS) is 39.0. The number of ketones is 1. The standard InChI is InChI=1S/C36H58O4/c1-24(2)9-6-10-25(3)29-14-15-30-28-13-12-26-23-27(16-20-34(26,4)31(28)17-21-35(29,30)5)40-22-7-11-32(37)36(33(38)39)18-8-19-36/h12,24-25,27-31H,6-11,13-23H2,1-5H3,(H,38,39)/t25-,27+,28?,29-,30?,31?,34+,35-/m1/s1. The molecule has 4 fully saturated rings. The van der Waals surface area contributed by atoms with Crippen LogP contribution in [-0.2, 0) is 14.3 Å². The third kappa shape index (κ3) is 5.37. The topological polar surface area (TPSA) is 63.6 Å². The number of ether oxygens (including phenoxy) is 1. The summed E-state index contributed by atoms with van der Waals surface area (Å²) >= 11 is 0. The van der Waals surface area contributed by atoms with Crippen molar-refractivity contribution in [2.24, 2.45) is 51.8 Å². The summed E-state index contributed by atoms with van der Waals surface area (Å²) in [5.41, 5.74) is 1.44. The molecule has 0 aromatic heterocycles. The summed E-state index contributed by atoms with van der Waals surface area (Å²) in [6.07, 6.45) is 20.3. The Balaban J connectivity index is 1.14. The Hall–Kier alpha value is -1.16. The third-order valence-corrected chi connectivity index (χ3v) is 13.3. The molecule has 5 aliphatic carbocycles. The number of carbonyl (C=O) groups excluding carboxylic acids is 1. The van der Waals surface area contributed by atoms with E-state index >= 15 is 0 Å². The fourth-order valence-corrected chi connectivity index (χ4v) is 10.7. The lowest BCUT2D eigenvalue weighted by atomic mass is 9.47. The molecule has 4 saturated carbocycles. The number of Topliss-reactive ketones (excluding diaryl/α,β-unsaturated/α-hetero) is 1. The maximum absolute atomic E-state index is 12.6. The van der Waals surface area contributed by atoms with Gasteiger partial charge in [0.2, 0.25) is 0 Å². The van der Waals surface area contributed by atoms with Gasteiger partial charge in [0, 0.05) is 13.0 Å². The van der Waals surface area contributed by atoms with Gasteiger partial charge in [0.25, 0.3) is 0 Å². The molecule has 5 rings (SSSR count). The molecule has 0 amide bonds. The first kappa shape index (κ1) is 30.3. The molecule has 4 nitrogen and oxygen atoms in total. The zero-order chi connectivity index (χ0) is 28.7. The van der Waals surface area contributed by atoms with Gasteiger partial charge in [0.05, 0.1) is 6.10 Å². The maximum Gasteiger partial charge on any atom is 0.317 e. The van der Waals surface area contributed by atoms with Gasteiger partial charge >= 0.3 is 5.97 Å². The largest absolute Gasteiger partial charge is 0.480 e. The summed E-state index contributed by atoms with van der Waals surface area (Å²) in [5.74, 6) is 4.17. The molecule has 8 atom stereocenters. The van der Waals surface area contributed by atoms with Crippen LogP contribution >= 0.6 is 0 Å². The van der Waals surface area contributed by atoms with E-state index in [1.807, 2.05) is 0 Å². The number of aliphatic carboxylic acids is 1. The van der Waals surface area contributed by atoms with E-state index in [9.17, 15) is 14.7 Å². The van der Waals surface area contributed by atoms with E-state index in [1.54, 1.807) is 5.57 Å². The van der Waals surface area contributed by atoms with Crippen LogP contribution < -0.4 is 0 Å². The van der Waals surface area contributed by atoms with Crippen molar-refractivity contribution in [1.82, 2.24) is 0 Å². The van der Waals surface area contributed by atoms with Crippen LogP contribution in [0.4, 0.5) is 0 Å². The zero-order valence-electron chi connectivity index (χ0n) is 26.3. The quantitative estimate of drug-likeness (QED) is 0.148. The third-order valence-electron chi connectivity index (χ3n) is 13.3. The number of rotatable bonds is 12. The van der Waals surface area contributed by atoms with Crippen LogP contribution in [0, 0.1) is 51.8 Å². The average molecular weight is 555 g/mol. The molecular formula is C36H58O4. The molecule has 0 aromatic carbocycles. The van der Waals surface area contributed by atoms with E-state index in [4.69, 9.17) is 4.74 Å². The Bertz CT molecular complexity index is 962. The first-order chi connectivity index (χ1) is 19.0. The van der Waals surface area contributed by atoms with E-state index < -0.39 is 11.4 Å². The predicted octanol–water partition coefficient (Wildman–Crippen LogP) is 9.02. The highest BCUT2D eigenvalue weighted by molar-refractivity contribution is 6.03. The number of hydrogen-bond donors (Lipinski definition) is 1. The molecule has 226 valence electrons. The van der Waals surface area contributed by atoms with Crippen LogP contribution in [0.5, 0.6) is 0 Å². The number of fused-ring (bicyclic) bond motifs is 5. The first-order valence-corrected chi connectivity index (χ1v) is 17.1. The second kappa shape index (κ2) is 11.8. The highest BCUT2D eigenvalue weighted by atomic mass is 16.5. The minimum atomic E-state index is -1.09. The molecular weight excluding hydrogens is 496 g/mol. The van der Waals surface area contributed by atoms with Gasteiger partial charge < -0.3 is 9.84 Å². The van der Waals surface area contributed by atoms with Crippen molar-refractivity contribution in [3.8, 4) is 0 Å². The molecule has 0 spiro atoms. The highest BCUT2D eigenvalue weighted by Crippen LogP contribution is 2.67. The molecule has 0 aromatic rings. The molecule has 5 aliphatic rings. The SMILES string of the molecule is CC(C)CCC[C@@H](C)[C@H]1CCC2C3CC=C4C[C@@H](OCCCC(=O)C5(C(=O)O)CCC5)CC[C@]4(C)C3CC[C@@]21C. The summed E-state index contributed by atoms with van der Waals surface area (Å²) in [6, 6.07) is 0. The average Bonchev–Trinajstić information content (AvgIpc) is 3.22.